The molecule has 2 aromatic carbocycles. The predicted octanol–water partition coefficient (Wildman–Crippen LogP) is 6.54. The topological polar surface area (TPSA) is 49.6 Å². The molecular formula is C27H26F3N3O2S. The van der Waals surface area contributed by atoms with Gasteiger partial charge < -0.3 is 9.32 Å². The van der Waals surface area contributed by atoms with E-state index in [1.165, 1.54) is 12.3 Å². The first kappa shape index (κ1) is 25.7. The van der Waals surface area contributed by atoms with E-state index in [2.05, 4.69) is 4.98 Å². The summed E-state index contributed by atoms with van der Waals surface area (Å²) in [4.78, 5) is 21.9. The second-order valence-corrected chi connectivity index (χ2v) is 9.64. The van der Waals surface area contributed by atoms with Crippen LogP contribution in [0.3, 0.4) is 0 Å². The zero-order valence-corrected chi connectivity index (χ0v) is 20.8. The lowest BCUT2D eigenvalue weighted by molar-refractivity contribution is -0.137. The summed E-state index contributed by atoms with van der Waals surface area (Å²) in [5, 5.41) is 1.98. The first-order chi connectivity index (χ1) is 17.2. The van der Waals surface area contributed by atoms with E-state index in [0.29, 0.717) is 24.5 Å². The van der Waals surface area contributed by atoms with E-state index < -0.39 is 11.7 Å². The largest absolute Gasteiger partial charge is 0.447 e. The van der Waals surface area contributed by atoms with Crippen molar-refractivity contribution in [2.24, 2.45) is 0 Å². The maximum atomic E-state index is 13.2. The van der Waals surface area contributed by atoms with Gasteiger partial charge in [-0.25, -0.2) is 4.98 Å². The number of aromatic nitrogens is 1. The number of oxazole rings is 1. The number of aryl methyl sites for hydroxylation is 1. The Balaban J connectivity index is 1.49. The Morgan fingerprint density at radius 1 is 0.972 bits per heavy atom. The van der Waals surface area contributed by atoms with Crippen molar-refractivity contribution in [2.75, 3.05) is 7.05 Å². The molecule has 5 nitrogen and oxygen atoms in total. The van der Waals surface area contributed by atoms with Gasteiger partial charge in [0.15, 0.2) is 5.69 Å². The molecule has 2 heterocycles. The van der Waals surface area contributed by atoms with Crippen molar-refractivity contribution in [1.82, 2.24) is 14.8 Å². The second kappa shape index (κ2) is 11.1. The molecule has 9 heteroatoms. The summed E-state index contributed by atoms with van der Waals surface area (Å²) in [6.07, 6.45) is -3.08. The minimum atomic E-state index is -4.41. The molecule has 36 heavy (non-hydrogen) atoms. The van der Waals surface area contributed by atoms with E-state index in [1.807, 2.05) is 53.6 Å². The quantitative estimate of drug-likeness (QED) is 0.255. The summed E-state index contributed by atoms with van der Waals surface area (Å²) in [5.74, 6) is 0.0556. The van der Waals surface area contributed by atoms with Crippen molar-refractivity contribution in [3.63, 3.8) is 0 Å². The van der Waals surface area contributed by atoms with Crippen LogP contribution in [0.4, 0.5) is 13.2 Å². The Labute approximate surface area is 211 Å². The number of nitrogens with zero attached hydrogens (tertiary/aromatic N) is 3. The Morgan fingerprint density at radius 2 is 1.72 bits per heavy atom. The normalized spacial score (nSPS) is 11.7. The van der Waals surface area contributed by atoms with Crippen molar-refractivity contribution < 1.29 is 22.4 Å². The predicted molar refractivity (Wildman–Crippen MR) is 132 cm³/mol. The lowest BCUT2D eigenvalue weighted by Gasteiger charge is -2.21. The first-order valence-electron chi connectivity index (χ1n) is 11.3. The zero-order valence-electron chi connectivity index (χ0n) is 20.0. The standard InChI is InChI=1S/C27H26F3N3O2S/c1-19-11-12-36-24(19)16-33(15-21-9-6-10-22(13-21)27(28,29)30)17-25-31-23(18-35-25)26(34)32(2)14-20-7-4-3-5-8-20/h3-13,18H,14-17H2,1-2H3. The SMILES string of the molecule is Cc1ccsc1CN(Cc1cccc(C(F)(F)F)c1)Cc1nc(C(=O)N(C)Cc2ccccc2)co1. The van der Waals surface area contributed by atoms with Crippen LogP contribution in [-0.4, -0.2) is 27.7 Å². The van der Waals surface area contributed by atoms with Gasteiger partial charge >= 0.3 is 6.18 Å². The molecule has 0 aliphatic carbocycles. The molecule has 0 radical (unpaired) electrons. The number of carbonyl (C=O) groups is 1. The van der Waals surface area contributed by atoms with E-state index in [1.54, 1.807) is 29.4 Å². The Bertz CT molecular complexity index is 1300. The fourth-order valence-electron chi connectivity index (χ4n) is 3.84. The minimum Gasteiger partial charge on any atom is -0.447 e. The zero-order chi connectivity index (χ0) is 25.7. The number of hydrogen-bond acceptors (Lipinski definition) is 5. The van der Waals surface area contributed by atoms with E-state index in [4.69, 9.17) is 4.42 Å². The van der Waals surface area contributed by atoms with Crippen LogP contribution < -0.4 is 0 Å². The molecule has 0 bridgehead atoms. The fourth-order valence-corrected chi connectivity index (χ4v) is 4.79. The molecule has 0 atom stereocenters. The van der Waals surface area contributed by atoms with E-state index in [0.717, 1.165) is 28.1 Å². The van der Waals surface area contributed by atoms with Crippen LogP contribution in [0, 0.1) is 6.92 Å². The molecule has 4 aromatic rings. The molecule has 1 amide bonds. The molecule has 0 N–H and O–H groups in total. The number of rotatable bonds is 9. The number of amides is 1. The Hall–Kier alpha value is -3.43. The van der Waals surface area contributed by atoms with Crippen LogP contribution in [0.1, 0.15) is 43.5 Å². The lowest BCUT2D eigenvalue weighted by atomic mass is 10.1. The molecule has 4 rings (SSSR count). The number of halogens is 3. The molecule has 0 saturated heterocycles. The van der Waals surface area contributed by atoms with Crippen LogP contribution in [0.15, 0.2) is 76.7 Å². The van der Waals surface area contributed by atoms with E-state index >= 15 is 0 Å². The fraction of sp³-hybridized carbons (Fsp3) is 0.259. The van der Waals surface area contributed by atoms with Gasteiger partial charge in [-0.05, 0) is 41.1 Å². The molecule has 188 valence electrons. The number of alkyl halides is 3. The van der Waals surface area contributed by atoms with Crippen molar-refractivity contribution in [3.8, 4) is 0 Å². The third-order valence-electron chi connectivity index (χ3n) is 5.73. The summed E-state index contributed by atoms with van der Waals surface area (Å²) in [7, 11) is 1.70. The van der Waals surface area contributed by atoms with Crippen LogP contribution >= 0.6 is 11.3 Å². The van der Waals surface area contributed by atoms with Gasteiger partial charge in [0, 0.05) is 31.6 Å². The maximum Gasteiger partial charge on any atom is 0.416 e. The molecule has 0 unspecified atom stereocenters. The van der Waals surface area contributed by atoms with Crippen LogP contribution in [0.25, 0.3) is 0 Å². The molecule has 0 aliphatic heterocycles. The third kappa shape index (κ3) is 6.61. The molecular weight excluding hydrogens is 487 g/mol. The van der Waals surface area contributed by atoms with Crippen LogP contribution in [0.2, 0.25) is 0 Å². The lowest BCUT2D eigenvalue weighted by Crippen LogP contribution is -2.26. The maximum absolute atomic E-state index is 13.2. The summed E-state index contributed by atoms with van der Waals surface area (Å²) >= 11 is 1.59. The van der Waals surface area contributed by atoms with Crippen LogP contribution in [-0.2, 0) is 32.4 Å². The van der Waals surface area contributed by atoms with Gasteiger partial charge in [0.05, 0.1) is 12.1 Å². The number of benzene rings is 2. The summed E-state index contributed by atoms with van der Waals surface area (Å²) in [6, 6.07) is 16.9. The van der Waals surface area contributed by atoms with Gasteiger partial charge in [0.25, 0.3) is 5.91 Å². The highest BCUT2D eigenvalue weighted by molar-refractivity contribution is 7.10. The Kier molecular flexibility index (Phi) is 7.91. The van der Waals surface area contributed by atoms with Crippen molar-refractivity contribution in [1.29, 1.82) is 0 Å². The smallest absolute Gasteiger partial charge is 0.416 e. The Morgan fingerprint density at radius 3 is 2.42 bits per heavy atom. The molecule has 0 fully saturated rings. The number of hydrogen-bond donors (Lipinski definition) is 0. The van der Waals surface area contributed by atoms with Crippen molar-refractivity contribution in [2.45, 2.75) is 39.3 Å². The minimum absolute atomic E-state index is 0.190. The van der Waals surface area contributed by atoms with Crippen molar-refractivity contribution >= 4 is 17.2 Å². The molecule has 0 aliphatic rings. The van der Waals surface area contributed by atoms with Gasteiger partial charge in [-0.2, -0.15) is 13.2 Å². The van der Waals surface area contributed by atoms with Gasteiger partial charge in [0.1, 0.15) is 6.26 Å². The second-order valence-electron chi connectivity index (χ2n) is 8.64. The highest BCUT2D eigenvalue weighted by Gasteiger charge is 2.30. The van der Waals surface area contributed by atoms with E-state index in [9.17, 15) is 18.0 Å². The molecule has 2 aromatic heterocycles. The van der Waals surface area contributed by atoms with Gasteiger partial charge in [-0.3, -0.25) is 9.69 Å². The number of carbonyl (C=O) groups excluding carboxylic acids is 1. The highest BCUT2D eigenvalue weighted by atomic mass is 32.1. The monoisotopic (exact) mass is 513 g/mol. The summed E-state index contributed by atoms with van der Waals surface area (Å²) in [5.41, 5.74) is 2.15. The third-order valence-corrected chi connectivity index (χ3v) is 6.74. The van der Waals surface area contributed by atoms with Gasteiger partial charge in [-0.15, -0.1) is 11.3 Å². The van der Waals surface area contributed by atoms with Crippen LogP contribution in [0.5, 0.6) is 0 Å². The van der Waals surface area contributed by atoms with Gasteiger partial charge in [-0.1, -0.05) is 48.5 Å². The number of thiophene rings is 1. The molecule has 0 spiro atoms. The average Bonchev–Trinajstić information content (AvgIpc) is 3.48. The highest BCUT2D eigenvalue weighted by Crippen LogP contribution is 2.30. The van der Waals surface area contributed by atoms with E-state index in [-0.39, 0.29) is 24.7 Å². The summed E-state index contributed by atoms with van der Waals surface area (Å²) < 4.78 is 45.3. The van der Waals surface area contributed by atoms with Gasteiger partial charge in [0.2, 0.25) is 5.89 Å². The van der Waals surface area contributed by atoms with Crippen molar-refractivity contribution in [3.05, 3.63) is 111 Å². The average molecular weight is 514 g/mol. The first-order valence-corrected chi connectivity index (χ1v) is 12.2. The molecule has 0 saturated carbocycles. The summed E-state index contributed by atoms with van der Waals surface area (Å²) in [6.45, 7) is 3.45.